The summed E-state index contributed by atoms with van der Waals surface area (Å²) < 4.78 is 5.54. The molecule has 0 radical (unpaired) electrons. The lowest BCUT2D eigenvalue weighted by Crippen LogP contribution is -2.35. The summed E-state index contributed by atoms with van der Waals surface area (Å²) in [5, 5.41) is 14.4. The molecule has 0 saturated carbocycles. The number of nitrogens with zero attached hydrogens (tertiary/aromatic N) is 2. The molecule has 0 atom stereocenters. The third kappa shape index (κ3) is 4.06. The summed E-state index contributed by atoms with van der Waals surface area (Å²) in [6.45, 7) is 8.87. The highest BCUT2D eigenvalue weighted by Crippen LogP contribution is 2.18. The van der Waals surface area contributed by atoms with Crippen LogP contribution in [0.25, 0.3) is 0 Å². The molecular formula is C14H20N4O. The maximum Gasteiger partial charge on any atom is 0.320 e. The van der Waals surface area contributed by atoms with Crippen LogP contribution in [-0.2, 0) is 6.54 Å². The molecule has 0 fully saturated rings. The minimum Gasteiger partial charge on any atom is -0.406 e. The van der Waals surface area contributed by atoms with Crippen LogP contribution in [0.15, 0.2) is 28.7 Å². The Bertz CT molecular complexity index is 542. The first-order valence-electron chi connectivity index (χ1n) is 6.34. The second-order valence-corrected chi connectivity index (χ2v) is 5.54. The van der Waals surface area contributed by atoms with Crippen molar-refractivity contribution in [2.45, 2.75) is 39.8 Å². The number of anilines is 2. The van der Waals surface area contributed by atoms with Crippen LogP contribution in [0.3, 0.4) is 0 Å². The van der Waals surface area contributed by atoms with Gasteiger partial charge in [-0.25, -0.2) is 0 Å². The first-order valence-corrected chi connectivity index (χ1v) is 6.34. The van der Waals surface area contributed by atoms with Crippen molar-refractivity contribution in [2.24, 2.45) is 0 Å². The van der Waals surface area contributed by atoms with Crippen LogP contribution in [0.4, 0.5) is 11.7 Å². The van der Waals surface area contributed by atoms with Crippen LogP contribution in [0, 0.1) is 6.92 Å². The van der Waals surface area contributed by atoms with Crippen molar-refractivity contribution in [1.29, 1.82) is 0 Å². The van der Waals surface area contributed by atoms with Crippen LogP contribution in [0.2, 0.25) is 0 Å². The summed E-state index contributed by atoms with van der Waals surface area (Å²) in [4.78, 5) is 0. The van der Waals surface area contributed by atoms with Crippen molar-refractivity contribution < 1.29 is 4.42 Å². The average Bonchev–Trinajstić information content (AvgIpc) is 2.77. The van der Waals surface area contributed by atoms with Gasteiger partial charge in [-0.2, -0.15) is 0 Å². The van der Waals surface area contributed by atoms with Crippen LogP contribution < -0.4 is 10.6 Å². The summed E-state index contributed by atoms with van der Waals surface area (Å²) in [6.07, 6.45) is 0. The van der Waals surface area contributed by atoms with E-state index in [0.29, 0.717) is 18.5 Å². The van der Waals surface area contributed by atoms with Gasteiger partial charge in [-0.15, -0.1) is 5.10 Å². The van der Waals surface area contributed by atoms with Gasteiger partial charge in [-0.05, 0) is 39.3 Å². The molecule has 5 nitrogen and oxygen atoms in total. The summed E-state index contributed by atoms with van der Waals surface area (Å²) in [5.41, 5.74) is 2.13. The minimum atomic E-state index is 0.0259. The number of hydrogen-bond donors (Lipinski definition) is 2. The molecule has 0 spiro atoms. The lowest BCUT2D eigenvalue weighted by molar-refractivity contribution is 0.384. The van der Waals surface area contributed by atoms with Gasteiger partial charge >= 0.3 is 6.01 Å². The number of rotatable bonds is 4. The Kier molecular flexibility index (Phi) is 3.85. The highest BCUT2D eigenvalue weighted by atomic mass is 16.4. The first-order chi connectivity index (χ1) is 8.94. The molecule has 2 rings (SSSR count). The zero-order valence-corrected chi connectivity index (χ0v) is 11.8. The van der Waals surface area contributed by atoms with Crippen LogP contribution in [0.5, 0.6) is 0 Å². The quantitative estimate of drug-likeness (QED) is 0.884. The van der Waals surface area contributed by atoms with Gasteiger partial charge in [0.15, 0.2) is 0 Å². The average molecular weight is 260 g/mol. The molecule has 2 aromatic rings. The van der Waals surface area contributed by atoms with E-state index in [0.717, 1.165) is 11.3 Å². The second kappa shape index (κ2) is 5.40. The number of benzene rings is 1. The molecule has 0 unspecified atom stereocenters. The Morgan fingerprint density at radius 2 is 1.89 bits per heavy atom. The van der Waals surface area contributed by atoms with Gasteiger partial charge in [0, 0.05) is 11.2 Å². The lowest BCUT2D eigenvalue weighted by Gasteiger charge is -2.18. The van der Waals surface area contributed by atoms with E-state index in [9.17, 15) is 0 Å². The molecule has 2 N–H and O–H groups in total. The first kappa shape index (κ1) is 13.5. The monoisotopic (exact) mass is 260 g/mol. The fraction of sp³-hybridized carbons (Fsp3) is 0.429. The fourth-order valence-electron chi connectivity index (χ4n) is 1.54. The number of nitrogens with one attached hydrogen (secondary N) is 2. The number of hydrogen-bond acceptors (Lipinski definition) is 5. The van der Waals surface area contributed by atoms with E-state index < -0.39 is 0 Å². The van der Waals surface area contributed by atoms with E-state index >= 15 is 0 Å². The number of aryl methyl sites for hydroxylation is 1. The highest BCUT2D eigenvalue weighted by Gasteiger charge is 2.12. The van der Waals surface area contributed by atoms with E-state index in [-0.39, 0.29) is 5.54 Å². The summed E-state index contributed by atoms with van der Waals surface area (Å²) in [6, 6.07) is 8.38. The van der Waals surface area contributed by atoms with Gasteiger partial charge in [-0.3, -0.25) is 0 Å². The number of aromatic nitrogens is 2. The predicted molar refractivity (Wildman–Crippen MR) is 75.4 cm³/mol. The van der Waals surface area contributed by atoms with Gasteiger partial charge in [-0.1, -0.05) is 23.3 Å². The zero-order chi connectivity index (χ0) is 13.9. The second-order valence-electron chi connectivity index (χ2n) is 5.54. The molecule has 0 bridgehead atoms. The third-order valence-electron chi connectivity index (χ3n) is 2.62. The zero-order valence-electron chi connectivity index (χ0n) is 11.8. The standard InChI is InChI=1S/C14H20N4O/c1-10-7-5-6-8-11(10)16-13-18-17-12(19-13)9-15-14(2,3)4/h5-8,15H,9H2,1-4H3,(H,16,18). The van der Waals surface area contributed by atoms with Crippen LogP contribution >= 0.6 is 0 Å². The lowest BCUT2D eigenvalue weighted by atomic mass is 10.1. The Labute approximate surface area is 113 Å². The smallest absolute Gasteiger partial charge is 0.320 e. The fourth-order valence-corrected chi connectivity index (χ4v) is 1.54. The largest absolute Gasteiger partial charge is 0.406 e. The van der Waals surface area contributed by atoms with Crippen molar-refractivity contribution in [3.63, 3.8) is 0 Å². The van der Waals surface area contributed by atoms with Crippen LogP contribution in [-0.4, -0.2) is 15.7 Å². The maximum absolute atomic E-state index is 5.54. The van der Waals surface area contributed by atoms with Crippen molar-refractivity contribution >= 4 is 11.7 Å². The van der Waals surface area contributed by atoms with E-state index in [1.165, 1.54) is 0 Å². The molecule has 1 aromatic heterocycles. The van der Waals surface area contributed by atoms with E-state index in [4.69, 9.17) is 4.42 Å². The molecule has 19 heavy (non-hydrogen) atoms. The Morgan fingerprint density at radius 3 is 2.58 bits per heavy atom. The van der Waals surface area contributed by atoms with Gasteiger partial charge in [0.2, 0.25) is 5.89 Å². The van der Waals surface area contributed by atoms with E-state index in [2.05, 4.69) is 41.6 Å². The van der Waals surface area contributed by atoms with Gasteiger partial charge < -0.3 is 15.1 Å². The van der Waals surface area contributed by atoms with Gasteiger partial charge in [0.1, 0.15) is 0 Å². The minimum absolute atomic E-state index is 0.0259. The van der Waals surface area contributed by atoms with Gasteiger partial charge in [0.25, 0.3) is 0 Å². The highest BCUT2D eigenvalue weighted by molar-refractivity contribution is 5.56. The normalized spacial score (nSPS) is 11.6. The van der Waals surface area contributed by atoms with E-state index in [1.807, 2.05) is 31.2 Å². The SMILES string of the molecule is Cc1ccccc1Nc1nnc(CNC(C)(C)C)o1. The topological polar surface area (TPSA) is 63.0 Å². The summed E-state index contributed by atoms with van der Waals surface area (Å²) >= 11 is 0. The Hall–Kier alpha value is -1.88. The van der Waals surface area contributed by atoms with Crippen molar-refractivity contribution in [2.75, 3.05) is 5.32 Å². The molecule has 0 aliphatic rings. The predicted octanol–water partition coefficient (Wildman–Crippen LogP) is 3.01. The molecule has 102 valence electrons. The maximum atomic E-state index is 5.54. The van der Waals surface area contributed by atoms with Crippen molar-refractivity contribution in [3.05, 3.63) is 35.7 Å². The molecule has 0 aliphatic carbocycles. The van der Waals surface area contributed by atoms with E-state index in [1.54, 1.807) is 0 Å². The summed E-state index contributed by atoms with van der Waals surface area (Å²) in [5.74, 6) is 0.575. The molecule has 0 amide bonds. The molecule has 0 saturated heterocycles. The molecule has 1 aromatic carbocycles. The Balaban J connectivity index is 2.00. The number of para-hydroxylation sites is 1. The van der Waals surface area contributed by atoms with Crippen molar-refractivity contribution in [1.82, 2.24) is 15.5 Å². The van der Waals surface area contributed by atoms with Crippen molar-refractivity contribution in [3.8, 4) is 0 Å². The Morgan fingerprint density at radius 1 is 1.16 bits per heavy atom. The molecular weight excluding hydrogens is 240 g/mol. The van der Waals surface area contributed by atoms with Gasteiger partial charge in [0.05, 0.1) is 6.54 Å². The van der Waals surface area contributed by atoms with Crippen LogP contribution in [0.1, 0.15) is 32.2 Å². The molecule has 0 aliphatic heterocycles. The third-order valence-corrected chi connectivity index (χ3v) is 2.62. The molecule has 1 heterocycles. The summed E-state index contributed by atoms with van der Waals surface area (Å²) in [7, 11) is 0. The molecule has 5 heteroatoms.